The summed E-state index contributed by atoms with van der Waals surface area (Å²) in [6.07, 6.45) is 0.824. The molecule has 1 aromatic heterocycles. The van der Waals surface area contributed by atoms with Gasteiger partial charge in [-0.25, -0.2) is 0 Å². The molecule has 0 spiro atoms. The van der Waals surface area contributed by atoms with Gasteiger partial charge in [0.25, 0.3) is 11.8 Å². The third-order valence-electron chi connectivity index (χ3n) is 3.59. The molecule has 2 aromatic rings. The van der Waals surface area contributed by atoms with Crippen molar-refractivity contribution in [3.63, 3.8) is 0 Å². The molecule has 7 heteroatoms. The lowest BCUT2D eigenvalue weighted by atomic mass is 10.1. The SMILES string of the molecule is COc1ccc(NC(=O)c2cc(CC(C)C)[nH]n2)cc1C(=O)N(C)C. The first-order chi connectivity index (χ1) is 11.8. The van der Waals surface area contributed by atoms with Crippen molar-refractivity contribution >= 4 is 17.5 Å². The lowest BCUT2D eigenvalue weighted by Gasteiger charge is -2.14. The Morgan fingerprint density at radius 3 is 2.60 bits per heavy atom. The van der Waals surface area contributed by atoms with Crippen LogP contribution in [0.25, 0.3) is 0 Å². The van der Waals surface area contributed by atoms with E-state index in [-0.39, 0.29) is 11.8 Å². The summed E-state index contributed by atoms with van der Waals surface area (Å²) in [5.74, 6) is 0.389. The Bertz CT molecular complexity index is 765. The molecule has 0 radical (unpaired) electrons. The van der Waals surface area contributed by atoms with Crippen molar-refractivity contribution in [3.8, 4) is 5.75 Å². The molecule has 0 aliphatic rings. The van der Waals surface area contributed by atoms with E-state index in [2.05, 4.69) is 29.4 Å². The average Bonchev–Trinajstić information content (AvgIpc) is 3.01. The number of benzene rings is 1. The maximum atomic E-state index is 12.4. The van der Waals surface area contributed by atoms with Crippen LogP contribution in [-0.2, 0) is 6.42 Å². The first kappa shape index (κ1) is 18.5. The first-order valence-corrected chi connectivity index (χ1v) is 8.07. The van der Waals surface area contributed by atoms with Crippen LogP contribution in [0.4, 0.5) is 5.69 Å². The van der Waals surface area contributed by atoms with Crippen LogP contribution in [0.1, 0.15) is 40.4 Å². The maximum absolute atomic E-state index is 12.4. The summed E-state index contributed by atoms with van der Waals surface area (Å²) in [6, 6.07) is 6.68. The van der Waals surface area contributed by atoms with Gasteiger partial charge in [-0.3, -0.25) is 14.7 Å². The lowest BCUT2D eigenvalue weighted by molar-refractivity contribution is 0.0824. The molecule has 134 valence electrons. The maximum Gasteiger partial charge on any atom is 0.276 e. The third-order valence-corrected chi connectivity index (χ3v) is 3.59. The standard InChI is InChI=1S/C18H24N4O3/c1-11(2)8-13-10-15(21-20-13)17(23)19-12-6-7-16(25-5)14(9-12)18(24)22(3)4/h6-7,9-11H,8H2,1-5H3,(H,19,23)(H,20,21). The zero-order valence-corrected chi connectivity index (χ0v) is 15.2. The molecule has 1 heterocycles. The first-order valence-electron chi connectivity index (χ1n) is 8.07. The topological polar surface area (TPSA) is 87.3 Å². The number of aromatic amines is 1. The number of hydrogen-bond donors (Lipinski definition) is 2. The summed E-state index contributed by atoms with van der Waals surface area (Å²) < 4.78 is 5.22. The molecule has 0 bridgehead atoms. The highest BCUT2D eigenvalue weighted by Crippen LogP contribution is 2.24. The largest absolute Gasteiger partial charge is 0.496 e. The van der Waals surface area contributed by atoms with Gasteiger partial charge < -0.3 is 15.0 Å². The number of nitrogens with zero attached hydrogens (tertiary/aromatic N) is 2. The van der Waals surface area contributed by atoms with Gasteiger partial charge in [0.05, 0.1) is 12.7 Å². The minimum atomic E-state index is -0.334. The van der Waals surface area contributed by atoms with E-state index in [0.29, 0.717) is 28.6 Å². The molecule has 2 rings (SSSR count). The summed E-state index contributed by atoms with van der Waals surface area (Å²) >= 11 is 0. The second kappa shape index (κ2) is 7.83. The van der Waals surface area contributed by atoms with Gasteiger partial charge in [0, 0.05) is 25.5 Å². The molecule has 0 atom stereocenters. The zero-order valence-electron chi connectivity index (χ0n) is 15.2. The van der Waals surface area contributed by atoms with Crippen LogP contribution in [0.3, 0.4) is 0 Å². The highest BCUT2D eigenvalue weighted by Gasteiger charge is 2.17. The fraction of sp³-hybridized carbons (Fsp3) is 0.389. The summed E-state index contributed by atoms with van der Waals surface area (Å²) in [5, 5.41) is 9.69. The number of aromatic nitrogens is 2. The van der Waals surface area contributed by atoms with E-state index in [1.54, 1.807) is 38.4 Å². The molecule has 2 amide bonds. The Hall–Kier alpha value is -2.83. The van der Waals surface area contributed by atoms with Gasteiger partial charge in [0.15, 0.2) is 5.69 Å². The van der Waals surface area contributed by atoms with Crippen molar-refractivity contribution in [2.45, 2.75) is 20.3 Å². The normalized spacial score (nSPS) is 10.6. The van der Waals surface area contributed by atoms with E-state index >= 15 is 0 Å². The van der Waals surface area contributed by atoms with Crippen molar-refractivity contribution in [3.05, 3.63) is 41.2 Å². The predicted octanol–water partition coefficient (Wildman–Crippen LogP) is 2.57. The van der Waals surface area contributed by atoms with Crippen molar-refractivity contribution in [2.24, 2.45) is 5.92 Å². The van der Waals surface area contributed by atoms with Crippen molar-refractivity contribution in [2.75, 3.05) is 26.5 Å². The lowest BCUT2D eigenvalue weighted by Crippen LogP contribution is -2.22. The number of rotatable bonds is 6. The van der Waals surface area contributed by atoms with Gasteiger partial charge in [-0.2, -0.15) is 5.10 Å². The summed E-state index contributed by atoms with van der Waals surface area (Å²) in [6.45, 7) is 4.20. The molecular weight excluding hydrogens is 320 g/mol. The smallest absolute Gasteiger partial charge is 0.276 e. The Labute approximate surface area is 147 Å². The number of amides is 2. The number of nitrogens with one attached hydrogen (secondary N) is 2. The third kappa shape index (κ3) is 4.59. The fourth-order valence-electron chi connectivity index (χ4n) is 2.41. The predicted molar refractivity (Wildman–Crippen MR) is 96.1 cm³/mol. The minimum Gasteiger partial charge on any atom is -0.496 e. The number of carbonyl (C=O) groups excluding carboxylic acids is 2. The number of hydrogen-bond acceptors (Lipinski definition) is 4. The molecule has 2 N–H and O–H groups in total. The molecule has 0 fully saturated rings. The van der Waals surface area contributed by atoms with Crippen LogP contribution in [0.15, 0.2) is 24.3 Å². The molecule has 0 saturated carbocycles. The van der Waals surface area contributed by atoms with E-state index in [9.17, 15) is 9.59 Å². The van der Waals surface area contributed by atoms with E-state index in [0.717, 1.165) is 12.1 Å². The zero-order chi connectivity index (χ0) is 18.6. The van der Waals surface area contributed by atoms with Crippen LogP contribution < -0.4 is 10.1 Å². The Morgan fingerprint density at radius 2 is 2.00 bits per heavy atom. The van der Waals surface area contributed by atoms with Crippen LogP contribution in [0.2, 0.25) is 0 Å². The molecule has 7 nitrogen and oxygen atoms in total. The van der Waals surface area contributed by atoms with E-state index in [1.807, 2.05) is 0 Å². The van der Waals surface area contributed by atoms with Crippen LogP contribution in [-0.4, -0.2) is 48.1 Å². The molecule has 0 aliphatic heterocycles. The van der Waals surface area contributed by atoms with Crippen LogP contribution in [0.5, 0.6) is 5.75 Å². The highest BCUT2D eigenvalue weighted by molar-refractivity contribution is 6.04. The van der Waals surface area contributed by atoms with E-state index in [1.165, 1.54) is 12.0 Å². The number of methoxy groups -OCH3 is 1. The molecule has 0 unspecified atom stereocenters. The quantitative estimate of drug-likeness (QED) is 0.843. The summed E-state index contributed by atoms with van der Waals surface area (Å²) in [7, 11) is 4.82. The van der Waals surface area contributed by atoms with Gasteiger partial charge >= 0.3 is 0 Å². The number of anilines is 1. The Kier molecular flexibility index (Phi) is 5.80. The summed E-state index contributed by atoms with van der Waals surface area (Å²) in [5.41, 5.74) is 2.11. The highest BCUT2D eigenvalue weighted by atomic mass is 16.5. The minimum absolute atomic E-state index is 0.202. The van der Waals surface area contributed by atoms with Crippen molar-refractivity contribution < 1.29 is 14.3 Å². The fourth-order valence-corrected chi connectivity index (χ4v) is 2.41. The number of H-pyrrole nitrogens is 1. The van der Waals surface area contributed by atoms with Crippen molar-refractivity contribution in [1.82, 2.24) is 15.1 Å². The summed E-state index contributed by atoms with van der Waals surface area (Å²) in [4.78, 5) is 26.1. The number of carbonyl (C=O) groups is 2. The van der Waals surface area contributed by atoms with Gasteiger partial charge in [-0.15, -0.1) is 0 Å². The Balaban J connectivity index is 2.19. The van der Waals surface area contributed by atoms with Gasteiger partial charge in [0.2, 0.25) is 0 Å². The molecule has 1 aromatic carbocycles. The average molecular weight is 344 g/mol. The van der Waals surface area contributed by atoms with Gasteiger partial charge in [-0.05, 0) is 36.6 Å². The molecule has 0 aliphatic carbocycles. The van der Waals surface area contributed by atoms with Crippen LogP contribution in [0, 0.1) is 5.92 Å². The van der Waals surface area contributed by atoms with Crippen molar-refractivity contribution in [1.29, 1.82) is 0 Å². The van der Waals surface area contributed by atoms with Gasteiger partial charge in [0.1, 0.15) is 5.75 Å². The van der Waals surface area contributed by atoms with E-state index < -0.39 is 0 Å². The second-order valence-corrected chi connectivity index (χ2v) is 6.45. The molecule has 25 heavy (non-hydrogen) atoms. The van der Waals surface area contributed by atoms with Crippen LogP contribution >= 0.6 is 0 Å². The van der Waals surface area contributed by atoms with E-state index in [4.69, 9.17) is 4.74 Å². The molecular formula is C18H24N4O3. The van der Waals surface area contributed by atoms with Gasteiger partial charge in [-0.1, -0.05) is 13.8 Å². The second-order valence-electron chi connectivity index (χ2n) is 6.45. The Morgan fingerprint density at radius 1 is 1.28 bits per heavy atom. The molecule has 0 saturated heterocycles. The number of ether oxygens (including phenoxy) is 1. The monoisotopic (exact) mass is 344 g/mol.